The summed E-state index contributed by atoms with van der Waals surface area (Å²) < 4.78 is 5.98. The minimum Gasteiger partial charge on any atom is -0.462 e. The Kier molecular flexibility index (Phi) is 4.91. The van der Waals surface area contributed by atoms with E-state index in [2.05, 4.69) is 13.8 Å². The van der Waals surface area contributed by atoms with Crippen molar-refractivity contribution in [3.05, 3.63) is 0 Å². The van der Waals surface area contributed by atoms with Crippen LogP contribution in [0.3, 0.4) is 0 Å². The van der Waals surface area contributed by atoms with Gasteiger partial charge in [-0.1, -0.05) is 20.8 Å². The van der Waals surface area contributed by atoms with Crippen LogP contribution in [0.25, 0.3) is 0 Å². The van der Waals surface area contributed by atoms with E-state index >= 15 is 0 Å². The van der Waals surface area contributed by atoms with Crippen LogP contribution in [0.2, 0.25) is 0 Å². The van der Waals surface area contributed by atoms with Gasteiger partial charge in [-0.25, -0.2) is 0 Å². The van der Waals surface area contributed by atoms with Crippen LogP contribution < -0.4 is 0 Å². The molecule has 0 bridgehead atoms. The maximum atomic E-state index is 12.1. The van der Waals surface area contributed by atoms with Crippen LogP contribution >= 0.6 is 0 Å². The van der Waals surface area contributed by atoms with Gasteiger partial charge in [0.1, 0.15) is 6.10 Å². The topological polar surface area (TPSA) is 46.5 Å². The molecule has 3 nitrogen and oxygen atoms in total. The fourth-order valence-corrected chi connectivity index (χ4v) is 7.80. The van der Waals surface area contributed by atoms with E-state index in [9.17, 15) is 9.90 Å². The first-order valence-corrected chi connectivity index (χ1v) is 11.3. The van der Waals surface area contributed by atoms with Crippen molar-refractivity contribution < 1.29 is 14.6 Å². The highest BCUT2D eigenvalue weighted by atomic mass is 16.5. The zero-order valence-electron chi connectivity index (χ0n) is 17.0. The molecule has 8 unspecified atom stereocenters. The van der Waals surface area contributed by atoms with Gasteiger partial charge >= 0.3 is 5.97 Å². The summed E-state index contributed by atoms with van der Waals surface area (Å²) in [6.07, 6.45) is 12.2. The van der Waals surface area contributed by atoms with E-state index < -0.39 is 0 Å². The van der Waals surface area contributed by atoms with Crippen LogP contribution in [0.15, 0.2) is 0 Å². The SMILES string of the molecule is CCCC(=O)OC1CCC2C3CCC4CC(O)CCC4(C)C3CCC12C. The second-order valence-corrected chi connectivity index (χ2v) is 10.4. The van der Waals surface area contributed by atoms with Gasteiger partial charge in [0.25, 0.3) is 0 Å². The molecule has 0 spiro atoms. The molecule has 8 atom stereocenters. The lowest BCUT2D eigenvalue weighted by atomic mass is 9.45. The van der Waals surface area contributed by atoms with Crippen LogP contribution in [0.4, 0.5) is 0 Å². The van der Waals surface area contributed by atoms with Crippen molar-refractivity contribution in [2.45, 2.75) is 104 Å². The van der Waals surface area contributed by atoms with Gasteiger partial charge in [-0.2, -0.15) is 0 Å². The number of aliphatic hydroxyl groups is 1. The van der Waals surface area contributed by atoms with Crippen molar-refractivity contribution in [3.63, 3.8) is 0 Å². The van der Waals surface area contributed by atoms with E-state index in [0.717, 1.165) is 49.4 Å². The Morgan fingerprint density at radius 3 is 2.50 bits per heavy atom. The summed E-state index contributed by atoms with van der Waals surface area (Å²) in [6, 6.07) is 0. The molecule has 1 N–H and O–H groups in total. The molecular weight excluding hydrogens is 324 g/mol. The molecular formula is C23H38O3. The van der Waals surface area contributed by atoms with Crippen molar-refractivity contribution >= 4 is 5.97 Å². The van der Waals surface area contributed by atoms with Crippen molar-refractivity contribution in [2.24, 2.45) is 34.5 Å². The van der Waals surface area contributed by atoms with Gasteiger partial charge in [0.2, 0.25) is 0 Å². The van der Waals surface area contributed by atoms with Gasteiger partial charge in [-0.3, -0.25) is 4.79 Å². The van der Waals surface area contributed by atoms with Crippen molar-refractivity contribution in [1.29, 1.82) is 0 Å². The highest BCUT2D eigenvalue weighted by Gasteiger charge is 2.60. The Morgan fingerprint density at radius 1 is 1.00 bits per heavy atom. The molecule has 26 heavy (non-hydrogen) atoms. The number of aliphatic hydroxyl groups excluding tert-OH is 1. The van der Waals surface area contributed by atoms with E-state index in [1.807, 2.05) is 6.92 Å². The predicted molar refractivity (Wildman–Crippen MR) is 103 cm³/mol. The highest BCUT2D eigenvalue weighted by Crippen LogP contribution is 2.66. The van der Waals surface area contributed by atoms with E-state index in [4.69, 9.17) is 4.74 Å². The molecule has 0 radical (unpaired) electrons. The number of fused-ring (bicyclic) bond motifs is 5. The van der Waals surface area contributed by atoms with Crippen LogP contribution in [0, 0.1) is 34.5 Å². The van der Waals surface area contributed by atoms with Gasteiger partial charge in [-0.05, 0) is 93.3 Å². The Balaban J connectivity index is 1.51. The monoisotopic (exact) mass is 362 g/mol. The fraction of sp³-hybridized carbons (Fsp3) is 0.957. The minimum absolute atomic E-state index is 0.0124. The number of hydrogen-bond donors (Lipinski definition) is 1. The van der Waals surface area contributed by atoms with E-state index in [1.165, 1.54) is 38.5 Å². The molecule has 3 heteroatoms. The number of carbonyl (C=O) groups excluding carboxylic acids is 1. The van der Waals surface area contributed by atoms with Crippen LogP contribution in [0.1, 0.15) is 91.4 Å². The smallest absolute Gasteiger partial charge is 0.306 e. The Labute approximate surface area is 159 Å². The number of carbonyl (C=O) groups is 1. The average Bonchev–Trinajstić information content (AvgIpc) is 2.92. The number of rotatable bonds is 3. The largest absolute Gasteiger partial charge is 0.462 e. The second kappa shape index (κ2) is 6.79. The molecule has 148 valence electrons. The quantitative estimate of drug-likeness (QED) is 0.710. The zero-order valence-corrected chi connectivity index (χ0v) is 17.0. The molecule has 0 amide bonds. The fourth-order valence-electron chi connectivity index (χ4n) is 7.80. The molecule has 4 aliphatic carbocycles. The zero-order chi connectivity index (χ0) is 18.5. The van der Waals surface area contributed by atoms with Gasteiger partial charge in [-0.15, -0.1) is 0 Å². The summed E-state index contributed by atoms with van der Waals surface area (Å²) >= 11 is 0. The first-order chi connectivity index (χ1) is 12.4. The Hall–Kier alpha value is -0.570. The maximum Gasteiger partial charge on any atom is 0.306 e. The third-order valence-corrected chi connectivity index (χ3v) is 9.28. The van der Waals surface area contributed by atoms with Crippen molar-refractivity contribution in [3.8, 4) is 0 Å². The Morgan fingerprint density at radius 2 is 1.73 bits per heavy atom. The summed E-state index contributed by atoms with van der Waals surface area (Å²) in [5, 5.41) is 10.2. The lowest BCUT2D eigenvalue weighted by molar-refractivity contribution is -0.165. The number of hydrogen-bond acceptors (Lipinski definition) is 3. The van der Waals surface area contributed by atoms with Gasteiger partial charge in [0, 0.05) is 11.8 Å². The van der Waals surface area contributed by atoms with Crippen molar-refractivity contribution in [1.82, 2.24) is 0 Å². The summed E-state index contributed by atoms with van der Waals surface area (Å²) in [6.45, 7) is 7.01. The van der Waals surface area contributed by atoms with Crippen LogP contribution in [-0.2, 0) is 9.53 Å². The molecule has 4 saturated carbocycles. The predicted octanol–water partition coefficient (Wildman–Crippen LogP) is 5.10. The van der Waals surface area contributed by atoms with Gasteiger partial charge in [0.05, 0.1) is 6.10 Å². The van der Waals surface area contributed by atoms with Gasteiger partial charge in [0.15, 0.2) is 0 Å². The number of ether oxygens (including phenoxy) is 1. The molecule has 4 aliphatic rings. The Bertz CT molecular complexity index is 546. The third-order valence-electron chi connectivity index (χ3n) is 9.28. The van der Waals surface area contributed by atoms with Gasteiger partial charge < -0.3 is 9.84 Å². The average molecular weight is 363 g/mol. The molecule has 0 saturated heterocycles. The molecule has 0 aromatic rings. The summed E-state index contributed by atoms with van der Waals surface area (Å²) in [4.78, 5) is 12.1. The maximum absolute atomic E-state index is 12.1. The van der Waals surface area contributed by atoms with Crippen LogP contribution in [0.5, 0.6) is 0 Å². The number of esters is 1. The molecule has 0 aliphatic heterocycles. The van der Waals surface area contributed by atoms with E-state index in [-0.39, 0.29) is 23.6 Å². The standard InChI is InChI=1S/C23H38O3/c1-4-5-21(25)26-20-9-8-18-17-7-6-15-14-16(24)10-12-22(15,2)19(17)11-13-23(18,20)3/h15-20,24H,4-14H2,1-3H3. The van der Waals surface area contributed by atoms with E-state index in [0.29, 0.717) is 11.8 Å². The molecule has 0 aromatic carbocycles. The first-order valence-electron chi connectivity index (χ1n) is 11.3. The van der Waals surface area contributed by atoms with E-state index in [1.54, 1.807) is 0 Å². The van der Waals surface area contributed by atoms with Crippen molar-refractivity contribution in [2.75, 3.05) is 0 Å². The molecule has 0 heterocycles. The first kappa shape index (κ1) is 18.8. The summed E-state index contributed by atoms with van der Waals surface area (Å²) in [5.41, 5.74) is 0.627. The molecule has 4 fully saturated rings. The summed E-state index contributed by atoms with van der Waals surface area (Å²) in [5.74, 6) is 3.08. The highest BCUT2D eigenvalue weighted by molar-refractivity contribution is 5.69. The normalized spacial score (nSPS) is 50.5. The third kappa shape index (κ3) is 2.84. The lowest BCUT2D eigenvalue weighted by Crippen LogP contribution is -2.54. The molecule has 0 aromatic heterocycles. The molecule has 4 rings (SSSR count). The lowest BCUT2D eigenvalue weighted by Gasteiger charge is -2.60. The minimum atomic E-state index is -0.0627. The summed E-state index contributed by atoms with van der Waals surface area (Å²) in [7, 11) is 0. The second-order valence-electron chi connectivity index (χ2n) is 10.4. The van der Waals surface area contributed by atoms with Crippen LogP contribution in [-0.4, -0.2) is 23.3 Å².